The summed E-state index contributed by atoms with van der Waals surface area (Å²) < 4.78 is 11.0. The molecule has 1 heterocycles. The average molecular weight is 479 g/mol. The maximum atomic E-state index is 12.9. The molecule has 1 aliphatic rings. The number of methoxy groups -OCH3 is 1. The molecule has 4 rings (SSSR count). The number of thioether (sulfide) groups is 1. The van der Waals surface area contributed by atoms with Crippen molar-refractivity contribution in [1.29, 1.82) is 0 Å². The zero-order chi connectivity index (χ0) is 23.2. The van der Waals surface area contributed by atoms with Crippen molar-refractivity contribution in [3.05, 3.63) is 93.9 Å². The van der Waals surface area contributed by atoms with E-state index in [-0.39, 0.29) is 5.91 Å². The third kappa shape index (κ3) is 5.59. The van der Waals surface area contributed by atoms with Crippen LogP contribution in [0.25, 0.3) is 6.08 Å². The second kappa shape index (κ2) is 10.6. The first-order chi connectivity index (χ1) is 16.1. The number of amides is 1. The number of hydrogen-bond donors (Lipinski definition) is 0. The lowest BCUT2D eigenvalue weighted by Gasteiger charge is -2.12. The van der Waals surface area contributed by atoms with Gasteiger partial charge in [-0.05, 0) is 72.8 Å². The van der Waals surface area contributed by atoms with Crippen LogP contribution in [0.2, 0.25) is 5.02 Å². The molecule has 0 spiro atoms. The number of halogens is 1. The fraction of sp³-hybridized carbons (Fsp3) is 0.154. The average Bonchev–Trinajstić information content (AvgIpc) is 3.13. The van der Waals surface area contributed by atoms with Crippen LogP contribution >= 0.6 is 23.4 Å². The van der Waals surface area contributed by atoms with E-state index >= 15 is 0 Å². The van der Waals surface area contributed by atoms with Gasteiger partial charge in [0.25, 0.3) is 5.91 Å². The summed E-state index contributed by atoms with van der Waals surface area (Å²) in [5, 5.41) is 1.35. The Balaban J connectivity index is 1.47. The normalized spacial score (nSPS) is 16.0. The molecule has 0 saturated carbocycles. The Morgan fingerprint density at radius 2 is 1.70 bits per heavy atom. The van der Waals surface area contributed by atoms with Crippen molar-refractivity contribution in [1.82, 2.24) is 4.90 Å². The molecule has 7 heteroatoms. The zero-order valence-corrected chi connectivity index (χ0v) is 19.9. The number of hydrogen-bond acceptors (Lipinski definition) is 5. The van der Waals surface area contributed by atoms with Crippen molar-refractivity contribution in [2.75, 3.05) is 13.7 Å². The summed E-state index contributed by atoms with van der Waals surface area (Å²) in [6, 6.07) is 22.7. The van der Waals surface area contributed by atoms with Gasteiger partial charge < -0.3 is 9.47 Å². The van der Waals surface area contributed by atoms with Crippen molar-refractivity contribution in [3.8, 4) is 11.5 Å². The van der Waals surface area contributed by atoms with E-state index in [9.17, 15) is 4.79 Å². The molecule has 0 N–H and O–H groups in total. The van der Waals surface area contributed by atoms with Crippen LogP contribution in [0.4, 0.5) is 5.69 Å². The Hall–Kier alpha value is -3.22. The van der Waals surface area contributed by atoms with Gasteiger partial charge in [-0.2, -0.15) is 0 Å². The monoisotopic (exact) mass is 478 g/mol. The molecule has 1 aliphatic heterocycles. The minimum atomic E-state index is -0.0474. The maximum Gasteiger partial charge on any atom is 0.266 e. The van der Waals surface area contributed by atoms with E-state index in [0.717, 1.165) is 28.3 Å². The molecule has 0 bridgehead atoms. The summed E-state index contributed by atoms with van der Waals surface area (Å²) >= 11 is 7.56. The highest BCUT2D eigenvalue weighted by atomic mass is 35.5. The summed E-state index contributed by atoms with van der Waals surface area (Å²) in [5.41, 5.74) is 2.62. The van der Waals surface area contributed by atoms with Crippen molar-refractivity contribution in [3.63, 3.8) is 0 Å². The SMILES string of the molecule is CCN1C(=O)C(=Cc2ccc(OCc3ccccc3Cl)cc2)SC1=Nc1ccc(OC)cc1. The van der Waals surface area contributed by atoms with E-state index in [1.807, 2.05) is 85.8 Å². The van der Waals surface area contributed by atoms with Crippen molar-refractivity contribution < 1.29 is 14.3 Å². The van der Waals surface area contributed by atoms with E-state index in [0.29, 0.717) is 28.2 Å². The van der Waals surface area contributed by atoms with Crippen LogP contribution in [0.1, 0.15) is 18.1 Å². The van der Waals surface area contributed by atoms with E-state index in [1.165, 1.54) is 11.8 Å². The molecule has 0 unspecified atom stereocenters. The Morgan fingerprint density at radius 1 is 1.00 bits per heavy atom. The molecule has 0 aliphatic carbocycles. The van der Waals surface area contributed by atoms with Gasteiger partial charge in [0, 0.05) is 17.1 Å². The van der Waals surface area contributed by atoms with Crippen LogP contribution in [0, 0.1) is 0 Å². The number of aliphatic imine (C=N–C) groups is 1. The number of nitrogens with zero attached hydrogens (tertiary/aromatic N) is 2. The molecule has 0 atom stereocenters. The first kappa shape index (κ1) is 23.0. The third-order valence-corrected chi connectivity index (χ3v) is 6.41. The third-order valence-electron chi connectivity index (χ3n) is 5.03. The van der Waals surface area contributed by atoms with E-state index in [2.05, 4.69) is 4.99 Å². The lowest BCUT2D eigenvalue weighted by molar-refractivity contribution is -0.122. The van der Waals surface area contributed by atoms with Gasteiger partial charge in [0.05, 0.1) is 17.7 Å². The molecule has 3 aromatic rings. The summed E-state index contributed by atoms with van der Waals surface area (Å²) in [6.45, 7) is 2.88. The minimum Gasteiger partial charge on any atom is -0.497 e. The number of likely N-dealkylation sites (N-methyl/N-ethyl adjacent to an activating group) is 1. The van der Waals surface area contributed by atoms with E-state index in [1.54, 1.807) is 12.0 Å². The smallest absolute Gasteiger partial charge is 0.266 e. The van der Waals surface area contributed by atoms with Crippen LogP contribution in [-0.4, -0.2) is 29.6 Å². The number of ether oxygens (including phenoxy) is 2. The molecule has 33 heavy (non-hydrogen) atoms. The molecular formula is C26H23ClN2O3S. The number of benzene rings is 3. The first-order valence-corrected chi connectivity index (χ1v) is 11.7. The standard InChI is InChI=1S/C26H23ClN2O3S/c1-3-29-25(30)24(33-26(29)28-20-10-14-21(31-2)15-11-20)16-18-8-12-22(13-9-18)32-17-19-6-4-5-7-23(19)27/h4-16H,3,17H2,1-2H3. The summed E-state index contributed by atoms with van der Waals surface area (Å²) in [4.78, 5) is 19.9. The molecule has 1 saturated heterocycles. The predicted octanol–water partition coefficient (Wildman–Crippen LogP) is 6.55. The van der Waals surface area contributed by atoms with E-state index < -0.39 is 0 Å². The summed E-state index contributed by atoms with van der Waals surface area (Å²) in [6.07, 6.45) is 1.88. The van der Waals surface area contributed by atoms with Gasteiger partial charge in [-0.1, -0.05) is 41.9 Å². The number of carbonyl (C=O) groups is 1. The van der Waals surface area contributed by atoms with Crippen LogP contribution < -0.4 is 9.47 Å². The Bertz CT molecular complexity index is 1190. The van der Waals surface area contributed by atoms with Gasteiger partial charge in [0.2, 0.25) is 0 Å². The Kier molecular flexibility index (Phi) is 7.37. The van der Waals surface area contributed by atoms with Gasteiger partial charge >= 0.3 is 0 Å². The number of amidine groups is 1. The highest BCUT2D eigenvalue weighted by Gasteiger charge is 2.32. The zero-order valence-electron chi connectivity index (χ0n) is 18.3. The molecule has 0 aromatic heterocycles. The van der Waals surface area contributed by atoms with Crippen LogP contribution in [0.3, 0.4) is 0 Å². The Labute approximate surface area is 202 Å². The molecule has 0 radical (unpaired) electrons. The lowest BCUT2D eigenvalue weighted by Crippen LogP contribution is -2.28. The summed E-state index contributed by atoms with van der Waals surface area (Å²) in [5.74, 6) is 1.45. The lowest BCUT2D eigenvalue weighted by atomic mass is 10.2. The van der Waals surface area contributed by atoms with Gasteiger partial charge in [-0.3, -0.25) is 9.69 Å². The molecule has 168 valence electrons. The Morgan fingerprint density at radius 3 is 2.36 bits per heavy atom. The minimum absolute atomic E-state index is 0.0474. The molecular weight excluding hydrogens is 456 g/mol. The van der Waals surface area contributed by atoms with Crippen LogP contribution in [0.15, 0.2) is 82.7 Å². The molecule has 1 amide bonds. The van der Waals surface area contributed by atoms with Crippen LogP contribution in [-0.2, 0) is 11.4 Å². The van der Waals surface area contributed by atoms with Gasteiger partial charge in [0.15, 0.2) is 5.17 Å². The van der Waals surface area contributed by atoms with Gasteiger partial charge in [-0.15, -0.1) is 0 Å². The quantitative estimate of drug-likeness (QED) is 0.361. The molecule has 3 aromatic carbocycles. The molecule has 5 nitrogen and oxygen atoms in total. The number of carbonyl (C=O) groups excluding carboxylic acids is 1. The van der Waals surface area contributed by atoms with Crippen molar-refractivity contribution >= 4 is 46.2 Å². The second-order valence-electron chi connectivity index (χ2n) is 7.20. The van der Waals surface area contributed by atoms with Gasteiger partial charge in [-0.25, -0.2) is 4.99 Å². The van der Waals surface area contributed by atoms with E-state index in [4.69, 9.17) is 21.1 Å². The number of rotatable bonds is 7. The van der Waals surface area contributed by atoms with Crippen LogP contribution in [0.5, 0.6) is 11.5 Å². The predicted molar refractivity (Wildman–Crippen MR) is 135 cm³/mol. The first-order valence-electron chi connectivity index (χ1n) is 10.5. The largest absolute Gasteiger partial charge is 0.497 e. The fourth-order valence-corrected chi connectivity index (χ4v) is 4.48. The van der Waals surface area contributed by atoms with Gasteiger partial charge in [0.1, 0.15) is 18.1 Å². The second-order valence-corrected chi connectivity index (χ2v) is 8.62. The molecule has 1 fully saturated rings. The van der Waals surface area contributed by atoms with Crippen molar-refractivity contribution in [2.45, 2.75) is 13.5 Å². The summed E-state index contributed by atoms with van der Waals surface area (Å²) in [7, 11) is 1.62. The fourth-order valence-electron chi connectivity index (χ4n) is 3.23. The maximum absolute atomic E-state index is 12.9. The highest BCUT2D eigenvalue weighted by molar-refractivity contribution is 8.18. The highest BCUT2D eigenvalue weighted by Crippen LogP contribution is 2.34. The topological polar surface area (TPSA) is 51.1 Å². The van der Waals surface area contributed by atoms with Crippen molar-refractivity contribution in [2.24, 2.45) is 4.99 Å².